The number of nitrogens with zero attached hydrogens (tertiary/aromatic N) is 2. The fraction of sp³-hybridized carbons (Fsp3) is 0.182. The first-order chi connectivity index (χ1) is 8.13. The van der Waals surface area contributed by atoms with E-state index in [0.29, 0.717) is 17.4 Å². The summed E-state index contributed by atoms with van der Waals surface area (Å²) in [6, 6.07) is 7.77. The number of halogens is 1. The van der Waals surface area contributed by atoms with Crippen LogP contribution in [-0.2, 0) is 11.2 Å². The van der Waals surface area contributed by atoms with Gasteiger partial charge in [0.25, 0.3) is 0 Å². The molecule has 1 N–H and O–H groups in total. The van der Waals surface area contributed by atoms with E-state index in [2.05, 4.69) is 30.6 Å². The van der Waals surface area contributed by atoms with Crippen molar-refractivity contribution in [3.63, 3.8) is 0 Å². The number of anilines is 2. The summed E-state index contributed by atoms with van der Waals surface area (Å²) >= 11 is 4.63. The summed E-state index contributed by atoms with van der Waals surface area (Å²) in [6.07, 6.45) is 0.290. The third-order valence-corrected chi connectivity index (χ3v) is 3.17. The smallest absolute Gasteiger partial charge is 0.207 e. The van der Waals surface area contributed by atoms with Crippen molar-refractivity contribution >= 4 is 44.1 Å². The van der Waals surface area contributed by atoms with Gasteiger partial charge in [-0.2, -0.15) is 4.37 Å². The fourth-order valence-electron chi connectivity index (χ4n) is 1.26. The van der Waals surface area contributed by atoms with Crippen LogP contribution in [0.3, 0.4) is 0 Å². The molecule has 0 saturated carbocycles. The molecule has 1 heterocycles. The van der Waals surface area contributed by atoms with Gasteiger partial charge in [0, 0.05) is 21.7 Å². The van der Waals surface area contributed by atoms with Crippen LogP contribution in [0, 0.1) is 0 Å². The second-order valence-electron chi connectivity index (χ2n) is 3.53. The summed E-state index contributed by atoms with van der Waals surface area (Å²) in [5, 5.41) is 3.84. The highest BCUT2D eigenvalue weighted by molar-refractivity contribution is 9.10. The molecule has 6 heteroatoms. The van der Waals surface area contributed by atoms with Crippen LogP contribution in [0.25, 0.3) is 0 Å². The lowest BCUT2D eigenvalue weighted by molar-refractivity contribution is -0.116. The standard InChI is InChI=1S/C11H10BrN3OS/c1-7(16)6-10-14-11(17-15-10)13-9-4-2-8(12)3-5-9/h2-5H,6H2,1H3,(H,13,14,15). The molecule has 0 spiro atoms. The molecular weight excluding hydrogens is 302 g/mol. The second kappa shape index (κ2) is 5.37. The van der Waals surface area contributed by atoms with Crippen LogP contribution < -0.4 is 5.32 Å². The molecule has 0 atom stereocenters. The van der Waals surface area contributed by atoms with Gasteiger partial charge in [-0.25, -0.2) is 4.98 Å². The highest BCUT2D eigenvalue weighted by Crippen LogP contribution is 2.20. The number of hydrogen-bond donors (Lipinski definition) is 1. The predicted molar refractivity (Wildman–Crippen MR) is 71.7 cm³/mol. The number of rotatable bonds is 4. The first-order valence-electron chi connectivity index (χ1n) is 4.98. The Morgan fingerprint density at radius 3 is 2.76 bits per heavy atom. The predicted octanol–water partition coefficient (Wildman–Crippen LogP) is 3.18. The molecule has 4 nitrogen and oxygen atoms in total. The van der Waals surface area contributed by atoms with Gasteiger partial charge in [-0.3, -0.25) is 4.79 Å². The Hall–Kier alpha value is -1.27. The Kier molecular flexibility index (Phi) is 3.86. The summed E-state index contributed by atoms with van der Waals surface area (Å²) < 4.78 is 5.13. The molecule has 0 unspecified atom stereocenters. The van der Waals surface area contributed by atoms with E-state index >= 15 is 0 Å². The van der Waals surface area contributed by atoms with Crippen molar-refractivity contribution in [1.29, 1.82) is 0 Å². The molecule has 0 radical (unpaired) electrons. The van der Waals surface area contributed by atoms with E-state index in [1.807, 2.05) is 24.3 Å². The monoisotopic (exact) mass is 311 g/mol. The fourth-order valence-corrected chi connectivity index (χ4v) is 2.13. The van der Waals surface area contributed by atoms with E-state index in [0.717, 1.165) is 10.2 Å². The topological polar surface area (TPSA) is 54.9 Å². The van der Waals surface area contributed by atoms with E-state index in [-0.39, 0.29) is 5.78 Å². The van der Waals surface area contributed by atoms with Gasteiger partial charge in [-0.05, 0) is 31.2 Å². The minimum Gasteiger partial charge on any atom is -0.330 e. The molecule has 2 aromatic rings. The summed E-state index contributed by atoms with van der Waals surface area (Å²) in [5.41, 5.74) is 0.943. The molecule has 17 heavy (non-hydrogen) atoms. The summed E-state index contributed by atoms with van der Waals surface area (Å²) in [4.78, 5) is 15.1. The number of benzene rings is 1. The molecule has 0 saturated heterocycles. The van der Waals surface area contributed by atoms with Gasteiger partial charge >= 0.3 is 0 Å². The average Bonchev–Trinajstić information content (AvgIpc) is 2.68. The number of carbonyl (C=O) groups excluding carboxylic acids is 1. The van der Waals surface area contributed by atoms with E-state index in [1.165, 1.54) is 18.5 Å². The van der Waals surface area contributed by atoms with Gasteiger partial charge in [0.1, 0.15) is 5.78 Å². The van der Waals surface area contributed by atoms with Gasteiger partial charge < -0.3 is 5.32 Å². The molecule has 0 bridgehead atoms. The highest BCUT2D eigenvalue weighted by Gasteiger charge is 2.06. The Labute approximate surface area is 111 Å². The van der Waals surface area contributed by atoms with Crippen LogP contribution in [0.5, 0.6) is 0 Å². The molecule has 88 valence electrons. The van der Waals surface area contributed by atoms with Crippen molar-refractivity contribution in [2.45, 2.75) is 13.3 Å². The molecular formula is C11H10BrN3OS. The Morgan fingerprint density at radius 2 is 2.12 bits per heavy atom. The summed E-state index contributed by atoms with van der Waals surface area (Å²) in [5.74, 6) is 0.639. The zero-order valence-corrected chi connectivity index (χ0v) is 11.5. The third kappa shape index (κ3) is 3.61. The molecule has 0 aliphatic carbocycles. The maximum Gasteiger partial charge on any atom is 0.207 e. The largest absolute Gasteiger partial charge is 0.330 e. The highest BCUT2D eigenvalue weighted by atomic mass is 79.9. The number of hydrogen-bond acceptors (Lipinski definition) is 5. The van der Waals surface area contributed by atoms with Crippen LogP contribution in [0.2, 0.25) is 0 Å². The molecule has 0 aliphatic rings. The van der Waals surface area contributed by atoms with Gasteiger partial charge in [0.2, 0.25) is 5.13 Å². The van der Waals surface area contributed by atoms with Crippen molar-refractivity contribution in [3.8, 4) is 0 Å². The summed E-state index contributed by atoms with van der Waals surface area (Å²) in [7, 11) is 0. The normalized spacial score (nSPS) is 10.2. The van der Waals surface area contributed by atoms with E-state index in [1.54, 1.807) is 0 Å². The molecule has 0 amide bonds. The van der Waals surface area contributed by atoms with Gasteiger partial charge in [0.15, 0.2) is 5.82 Å². The number of aromatic nitrogens is 2. The van der Waals surface area contributed by atoms with Gasteiger partial charge in [-0.1, -0.05) is 15.9 Å². The molecule has 1 aromatic heterocycles. The Balaban J connectivity index is 2.06. The van der Waals surface area contributed by atoms with Crippen LogP contribution in [0.4, 0.5) is 10.8 Å². The van der Waals surface area contributed by atoms with Crippen LogP contribution in [0.1, 0.15) is 12.7 Å². The lowest BCUT2D eigenvalue weighted by atomic mass is 10.3. The zero-order valence-electron chi connectivity index (χ0n) is 9.11. The lowest BCUT2D eigenvalue weighted by Gasteiger charge is -2.00. The zero-order chi connectivity index (χ0) is 12.3. The lowest BCUT2D eigenvalue weighted by Crippen LogP contribution is -1.98. The SMILES string of the molecule is CC(=O)Cc1nsc(Nc2ccc(Br)cc2)n1. The van der Waals surface area contributed by atoms with Crippen molar-refractivity contribution in [3.05, 3.63) is 34.6 Å². The number of ketones is 1. The first-order valence-corrected chi connectivity index (χ1v) is 6.55. The molecule has 1 aromatic carbocycles. The minimum atomic E-state index is 0.0676. The van der Waals surface area contributed by atoms with Crippen molar-refractivity contribution < 1.29 is 4.79 Å². The maximum atomic E-state index is 10.9. The van der Waals surface area contributed by atoms with Crippen molar-refractivity contribution in [1.82, 2.24) is 9.36 Å². The Morgan fingerprint density at radius 1 is 1.41 bits per heavy atom. The van der Waals surface area contributed by atoms with Crippen molar-refractivity contribution in [2.24, 2.45) is 0 Å². The van der Waals surface area contributed by atoms with Crippen LogP contribution >= 0.6 is 27.5 Å². The molecule has 2 rings (SSSR count). The number of carbonyl (C=O) groups is 1. The molecule has 0 aliphatic heterocycles. The van der Waals surface area contributed by atoms with E-state index < -0.39 is 0 Å². The minimum absolute atomic E-state index is 0.0676. The quantitative estimate of drug-likeness (QED) is 0.942. The van der Waals surface area contributed by atoms with Gasteiger partial charge in [0.05, 0.1) is 6.42 Å². The summed E-state index contributed by atoms with van der Waals surface area (Å²) in [6.45, 7) is 1.53. The average molecular weight is 312 g/mol. The van der Waals surface area contributed by atoms with Crippen LogP contribution in [-0.4, -0.2) is 15.1 Å². The Bertz CT molecular complexity index is 524. The van der Waals surface area contributed by atoms with E-state index in [4.69, 9.17) is 0 Å². The number of nitrogens with one attached hydrogen (secondary N) is 1. The molecule has 0 fully saturated rings. The van der Waals surface area contributed by atoms with Crippen LogP contribution in [0.15, 0.2) is 28.7 Å². The second-order valence-corrected chi connectivity index (χ2v) is 5.19. The number of Topliss-reactive ketones (excluding diaryl/α,β-unsaturated/α-hetero) is 1. The van der Waals surface area contributed by atoms with Crippen molar-refractivity contribution in [2.75, 3.05) is 5.32 Å². The first kappa shape index (κ1) is 12.2. The van der Waals surface area contributed by atoms with Gasteiger partial charge in [-0.15, -0.1) is 0 Å². The maximum absolute atomic E-state index is 10.9. The van der Waals surface area contributed by atoms with E-state index in [9.17, 15) is 4.79 Å². The third-order valence-electron chi connectivity index (χ3n) is 1.97.